The molecule has 0 saturated heterocycles. The lowest BCUT2D eigenvalue weighted by molar-refractivity contribution is -0.838. The van der Waals surface area contributed by atoms with Crippen LogP contribution in [0, 0.1) is 0 Å². The summed E-state index contributed by atoms with van der Waals surface area (Å²) in [5, 5.41) is 0. The third kappa shape index (κ3) is 3.75. The smallest absolute Gasteiger partial charge is 0.0881 e. The molecule has 14 heavy (non-hydrogen) atoms. The zero-order chi connectivity index (χ0) is 10.4. The molecule has 0 aliphatic carbocycles. The van der Waals surface area contributed by atoms with Crippen molar-refractivity contribution in [3.8, 4) is 0 Å². The Labute approximate surface area is 87.3 Å². The van der Waals surface area contributed by atoms with Gasteiger partial charge in [-0.25, -0.2) is 0 Å². The van der Waals surface area contributed by atoms with Crippen LogP contribution >= 0.6 is 0 Å². The molecule has 0 N–H and O–H groups in total. The molecule has 0 aliphatic rings. The van der Waals surface area contributed by atoms with Crippen molar-refractivity contribution in [2.24, 2.45) is 0 Å². The molecular weight excluding hydrogens is 170 g/mol. The second-order valence-electron chi connectivity index (χ2n) is 4.27. The average Bonchev–Trinajstić information content (AvgIpc) is 2.19. The lowest BCUT2D eigenvalue weighted by Gasteiger charge is -2.24. The van der Waals surface area contributed by atoms with E-state index in [1.165, 1.54) is 12.0 Å². The van der Waals surface area contributed by atoms with Crippen molar-refractivity contribution in [3.63, 3.8) is 0 Å². The first-order valence-electron chi connectivity index (χ1n) is 5.14. The van der Waals surface area contributed by atoms with Gasteiger partial charge in [0.25, 0.3) is 0 Å². The number of rotatable bonds is 5. The largest absolute Gasteiger partial charge is 0.303 e. The van der Waals surface area contributed by atoms with Crippen LogP contribution in [0.2, 0.25) is 0 Å². The first kappa shape index (κ1) is 11.0. The van der Waals surface area contributed by atoms with Gasteiger partial charge < -0.3 is 4.48 Å². The quantitative estimate of drug-likeness (QED) is 0.626. The van der Waals surface area contributed by atoms with Crippen LogP contribution in [0.3, 0.4) is 0 Å². The summed E-state index contributed by atoms with van der Waals surface area (Å²) in [6.07, 6.45) is 4.37. The van der Waals surface area contributed by atoms with Crippen LogP contribution in [-0.4, -0.2) is 25.1 Å². The van der Waals surface area contributed by atoms with E-state index < -0.39 is 0 Å². The Kier molecular flexibility index (Phi) is 3.90. The Balaban J connectivity index is 2.32. The summed E-state index contributed by atoms with van der Waals surface area (Å²) in [4.78, 5) is 0. The van der Waals surface area contributed by atoms with Crippen LogP contribution in [0.15, 0.2) is 43.1 Å². The Hall–Kier alpha value is -1.08. The monoisotopic (exact) mass is 190 g/mol. The van der Waals surface area contributed by atoms with E-state index in [1.807, 2.05) is 6.20 Å². The van der Waals surface area contributed by atoms with Crippen molar-refractivity contribution in [1.82, 2.24) is 0 Å². The summed E-state index contributed by atoms with van der Waals surface area (Å²) in [6, 6.07) is 10.6. The average molecular weight is 190 g/mol. The third-order valence-corrected chi connectivity index (χ3v) is 2.54. The number of hydrogen-bond acceptors (Lipinski definition) is 0. The minimum atomic E-state index is 0.896. The highest BCUT2D eigenvalue weighted by Gasteiger charge is 2.08. The highest BCUT2D eigenvalue weighted by atomic mass is 15.3. The fourth-order valence-corrected chi connectivity index (χ4v) is 1.43. The van der Waals surface area contributed by atoms with Gasteiger partial charge in [0.1, 0.15) is 0 Å². The third-order valence-electron chi connectivity index (χ3n) is 2.54. The number of aryl methyl sites for hydroxylation is 1. The van der Waals surface area contributed by atoms with Crippen molar-refractivity contribution in [3.05, 3.63) is 48.7 Å². The van der Waals surface area contributed by atoms with Crippen LogP contribution in [0.1, 0.15) is 12.0 Å². The van der Waals surface area contributed by atoms with Crippen LogP contribution in [-0.2, 0) is 6.42 Å². The maximum absolute atomic E-state index is 3.83. The fourth-order valence-electron chi connectivity index (χ4n) is 1.43. The molecule has 0 amide bonds. The summed E-state index contributed by atoms with van der Waals surface area (Å²) < 4.78 is 0.896. The highest BCUT2D eigenvalue weighted by molar-refractivity contribution is 5.14. The molecule has 0 radical (unpaired) electrons. The minimum Gasteiger partial charge on any atom is -0.303 e. The predicted molar refractivity (Wildman–Crippen MR) is 61.9 cm³/mol. The maximum atomic E-state index is 3.83. The predicted octanol–water partition coefficient (Wildman–Crippen LogP) is 2.84. The fraction of sp³-hybridized carbons (Fsp3) is 0.385. The first-order valence-corrected chi connectivity index (χ1v) is 5.14. The molecule has 1 rings (SSSR count). The van der Waals surface area contributed by atoms with Crippen molar-refractivity contribution in [1.29, 1.82) is 0 Å². The number of hydrogen-bond donors (Lipinski definition) is 0. The molecule has 0 spiro atoms. The van der Waals surface area contributed by atoms with Crippen LogP contribution in [0.25, 0.3) is 0 Å². The van der Waals surface area contributed by atoms with Gasteiger partial charge in [-0.05, 0) is 18.6 Å². The Bertz CT molecular complexity index is 275. The van der Waals surface area contributed by atoms with E-state index in [4.69, 9.17) is 0 Å². The summed E-state index contributed by atoms with van der Waals surface area (Å²) in [6.45, 7) is 4.98. The molecule has 0 bridgehead atoms. The topological polar surface area (TPSA) is 0 Å². The molecule has 0 aromatic heterocycles. The maximum Gasteiger partial charge on any atom is 0.0881 e. The molecular formula is C13H20N+. The van der Waals surface area contributed by atoms with Crippen molar-refractivity contribution in [2.45, 2.75) is 12.8 Å². The van der Waals surface area contributed by atoms with E-state index in [-0.39, 0.29) is 0 Å². The van der Waals surface area contributed by atoms with Crippen molar-refractivity contribution in [2.75, 3.05) is 20.6 Å². The minimum absolute atomic E-state index is 0.896. The van der Waals surface area contributed by atoms with Gasteiger partial charge in [-0.3, -0.25) is 0 Å². The van der Waals surface area contributed by atoms with Gasteiger partial charge >= 0.3 is 0 Å². The molecule has 1 nitrogen and oxygen atoms in total. The molecule has 0 fully saturated rings. The van der Waals surface area contributed by atoms with E-state index in [0.717, 1.165) is 17.4 Å². The van der Waals surface area contributed by atoms with E-state index in [9.17, 15) is 0 Å². The van der Waals surface area contributed by atoms with Gasteiger partial charge in [0.05, 0.1) is 26.8 Å². The van der Waals surface area contributed by atoms with E-state index in [1.54, 1.807) is 0 Å². The summed E-state index contributed by atoms with van der Waals surface area (Å²) in [5.74, 6) is 0. The van der Waals surface area contributed by atoms with E-state index in [2.05, 4.69) is 51.0 Å². The molecule has 0 heterocycles. The van der Waals surface area contributed by atoms with Gasteiger partial charge in [0, 0.05) is 6.42 Å². The molecule has 0 saturated carbocycles. The van der Waals surface area contributed by atoms with Crippen LogP contribution < -0.4 is 0 Å². The zero-order valence-electron chi connectivity index (χ0n) is 9.24. The standard InChI is InChI=1S/C13H20N/c1-4-14(2,3)12-8-11-13-9-6-5-7-10-13/h4-7,9-10H,1,8,11-12H2,2-3H3/q+1. The summed E-state index contributed by atoms with van der Waals surface area (Å²) in [7, 11) is 4.36. The van der Waals surface area contributed by atoms with Gasteiger partial charge in [-0.2, -0.15) is 0 Å². The van der Waals surface area contributed by atoms with Crippen LogP contribution in [0.4, 0.5) is 0 Å². The first-order chi connectivity index (χ1) is 6.64. The summed E-state index contributed by atoms with van der Waals surface area (Å²) in [5.41, 5.74) is 1.43. The molecule has 0 atom stereocenters. The Morgan fingerprint density at radius 1 is 1.21 bits per heavy atom. The lowest BCUT2D eigenvalue weighted by atomic mass is 10.1. The van der Waals surface area contributed by atoms with Crippen molar-refractivity contribution >= 4 is 0 Å². The molecule has 1 heteroatoms. The van der Waals surface area contributed by atoms with E-state index in [0.29, 0.717) is 0 Å². The van der Waals surface area contributed by atoms with Gasteiger partial charge in [0.2, 0.25) is 0 Å². The lowest BCUT2D eigenvalue weighted by Crippen LogP contribution is -2.33. The van der Waals surface area contributed by atoms with Gasteiger partial charge in [0.15, 0.2) is 0 Å². The summed E-state index contributed by atoms with van der Waals surface area (Å²) >= 11 is 0. The van der Waals surface area contributed by atoms with Crippen LogP contribution in [0.5, 0.6) is 0 Å². The number of nitrogens with zero attached hydrogens (tertiary/aromatic N) is 1. The molecule has 76 valence electrons. The second kappa shape index (κ2) is 4.97. The Morgan fingerprint density at radius 3 is 2.43 bits per heavy atom. The Morgan fingerprint density at radius 2 is 1.86 bits per heavy atom. The second-order valence-corrected chi connectivity index (χ2v) is 4.27. The van der Waals surface area contributed by atoms with E-state index >= 15 is 0 Å². The molecule has 0 unspecified atom stereocenters. The molecule has 1 aromatic rings. The van der Waals surface area contributed by atoms with Gasteiger partial charge in [-0.15, -0.1) is 0 Å². The zero-order valence-corrected chi connectivity index (χ0v) is 9.24. The molecule has 0 aliphatic heterocycles. The molecule has 1 aromatic carbocycles. The number of benzene rings is 1. The highest BCUT2D eigenvalue weighted by Crippen LogP contribution is 2.06. The SMILES string of the molecule is C=C[N+](C)(C)CCCc1ccccc1. The normalized spacial score (nSPS) is 11.3. The number of quaternary nitrogens is 1. The van der Waals surface area contributed by atoms with Gasteiger partial charge in [-0.1, -0.05) is 30.3 Å². The van der Waals surface area contributed by atoms with Crippen molar-refractivity contribution < 1.29 is 4.48 Å².